The smallest absolute Gasteiger partial charge is 0.219 e. The van der Waals surface area contributed by atoms with E-state index in [1.54, 1.807) is 19.1 Å². The summed E-state index contributed by atoms with van der Waals surface area (Å²) in [4.78, 5) is 31.7. The van der Waals surface area contributed by atoms with Crippen molar-refractivity contribution in [2.24, 2.45) is 5.92 Å². The van der Waals surface area contributed by atoms with Crippen molar-refractivity contribution in [3.8, 4) is 0 Å². The van der Waals surface area contributed by atoms with Crippen LogP contribution in [0, 0.1) is 11.7 Å². The van der Waals surface area contributed by atoms with E-state index in [1.165, 1.54) is 33.0 Å². The van der Waals surface area contributed by atoms with Crippen molar-refractivity contribution in [3.05, 3.63) is 56.5 Å². The molecule has 1 aromatic carbocycles. The first-order chi connectivity index (χ1) is 15.0. The summed E-state index contributed by atoms with van der Waals surface area (Å²) in [6.07, 6.45) is 4.80. The topological polar surface area (TPSA) is 40.6 Å². The third kappa shape index (κ3) is 4.90. The minimum absolute atomic E-state index is 0.0412. The van der Waals surface area contributed by atoms with Gasteiger partial charge >= 0.3 is 0 Å². The second kappa shape index (κ2) is 9.61. The van der Waals surface area contributed by atoms with Crippen molar-refractivity contribution in [1.29, 1.82) is 0 Å². The van der Waals surface area contributed by atoms with Gasteiger partial charge in [-0.05, 0) is 80.6 Å². The Labute approximate surface area is 188 Å². The number of rotatable bonds is 6. The molecule has 1 aromatic heterocycles. The van der Waals surface area contributed by atoms with Gasteiger partial charge in [0, 0.05) is 41.2 Å². The Morgan fingerprint density at radius 3 is 2.48 bits per heavy atom. The number of hydrogen-bond donors (Lipinski definition) is 0. The van der Waals surface area contributed by atoms with Crippen molar-refractivity contribution in [1.82, 2.24) is 9.80 Å². The van der Waals surface area contributed by atoms with Crippen LogP contribution in [0.5, 0.6) is 0 Å². The van der Waals surface area contributed by atoms with E-state index in [1.807, 2.05) is 16.2 Å². The van der Waals surface area contributed by atoms with Crippen LogP contribution < -0.4 is 0 Å². The molecule has 4 nitrogen and oxygen atoms in total. The first kappa shape index (κ1) is 22.2. The van der Waals surface area contributed by atoms with Gasteiger partial charge in [0.05, 0.1) is 6.54 Å². The first-order valence-electron chi connectivity index (χ1n) is 11.4. The highest BCUT2D eigenvalue weighted by atomic mass is 32.1. The van der Waals surface area contributed by atoms with Crippen molar-refractivity contribution in [2.75, 3.05) is 26.2 Å². The van der Waals surface area contributed by atoms with E-state index in [2.05, 4.69) is 11.8 Å². The molecule has 0 atom stereocenters. The van der Waals surface area contributed by atoms with E-state index in [4.69, 9.17) is 0 Å². The Balaban J connectivity index is 1.32. The highest BCUT2D eigenvalue weighted by molar-refractivity contribution is 7.12. The third-order valence-electron chi connectivity index (χ3n) is 6.79. The molecule has 3 heterocycles. The van der Waals surface area contributed by atoms with Crippen molar-refractivity contribution in [3.63, 3.8) is 0 Å². The fourth-order valence-corrected chi connectivity index (χ4v) is 6.39. The van der Waals surface area contributed by atoms with E-state index in [9.17, 15) is 14.0 Å². The fourth-order valence-electron chi connectivity index (χ4n) is 4.94. The maximum atomic E-state index is 13.1. The summed E-state index contributed by atoms with van der Waals surface area (Å²) in [5, 5.41) is 0. The van der Waals surface area contributed by atoms with Gasteiger partial charge in [-0.3, -0.25) is 9.59 Å². The molecule has 0 bridgehead atoms. The molecular formula is C25H31FN2O2S. The second-order valence-electron chi connectivity index (χ2n) is 8.69. The van der Waals surface area contributed by atoms with Crippen molar-refractivity contribution >= 4 is 23.0 Å². The number of carbonyl (C=O) groups excluding carboxylic acids is 2. The lowest BCUT2D eigenvalue weighted by atomic mass is 9.89. The number of nitrogens with zero attached hydrogens (tertiary/aromatic N) is 2. The van der Waals surface area contributed by atoms with Gasteiger partial charge < -0.3 is 9.80 Å². The van der Waals surface area contributed by atoms with Crippen LogP contribution in [0.3, 0.4) is 0 Å². The number of thiophene rings is 1. The number of likely N-dealkylation sites (tertiary alicyclic amines) is 1. The Bertz CT molecular complexity index is 945. The summed E-state index contributed by atoms with van der Waals surface area (Å²) in [6.45, 7) is 8.37. The zero-order chi connectivity index (χ0) is 22.0. The van der Waals surface area contributed by atoms with Gasteiger partial charge in [0.1, 0.15) is 5.82 Å². The molecule has 1 saturated heterocycles. The number of halogens is 1. The van der Waals surface area contributed by atoms with Crippen LogP contribution >= 0.6 is 11.3 Å². The van der Waals surface area contributed by atoms with Gasteiger partial charge in [0.25, 0.3) is 0 Å². The van der Waals surface area contributed by atoms with E-state index in [0.717, 1.165) is 64.8 Å². The van der Waals surface area contributed by atoms with Gasteiger partial charge in [0.2, 0.25) is 5.91 Å². The summed E-state index contributed by atoms with van der Waals surface area (Å²) in [7, 11) is 0. The number of amides is 1. The Morgan fingerprint density at radius 2 is 1.84 bits per heavy atom. The summed E-state index contributed by atoms with van der Waals surface area (Å²) >= 11 is 1.89. The highest BCUT2D eigenvalue weighted by Crippen LogP contribution is 2.34. The summed E-state index contributed by atoms with van der Waals surface area (Å²) in [6, 6.07) is 5.93. The lowest BCUT2D eigenvalue weighted by Gasteiger charge is -2.31. The van der Waals surface area contributed by atoms with Crippen LogP contribution in [0.2, 0.25) is 0 Å². The number of Topliss-reactive ketones (excluding diaryl/α,β-unsaturated/α-hetero) is 1. The molecule has 6 heteroatoms. The van der Waals surface area contributed by atoms with Gasteiger partial charge in [-0.1, -0.05) is 6.92 Å². The summed E-state index contributed by atoms with van der Waals surface area (Å²) < 4.78 is 13.1. The Kier molecular flexibility index (Phi) is 6.87. The van der Waals surface area contributed by atoms with Crippen LogP contribution in [0.1, 0.15) is 57.9 Å². The normalized spacial score (nSPS) is 17.6. The number of piperidine rings is 1. The van der Waals surface area contributed by atoms with Crippen molar-refractivity contribution in [2.45, 2.75) is 52.5 Å². The average Bonchev–Trinajstić information content (AvgIpc) is 3.14. The average molecular weight is 443 g/mol. The van der Waals surface area contributed by atoms with E-state index in [-0.39, 0.29) is 23.4 Å². The molecule has 4 rings (SSSR count). The molecule has 31 heavy (non-hydrogen) atoms. The minimum atomic E-state index is -0.304. The molecular weight excluding hydrogens is 411 g/mol. The number of fused-ring (bicyclic) bond motifs is 1. The second-order valence-corrected chi connectivity index (χ2v) is 9.88. The quantitative estimate of drug-likeness (QED) is 0.619. The molecule has 1 fully saturated rings. The van der Waals surface area contributed by atoms with Crippen LogP contribution in [0.25, 0.3) is 0 Å². The molecule has 2 aromatic rings. The third-order valence-corrected chi connectivity index (χ3v) is 8.11. The monoisotopic (exact) mass is 442 g/mol. The molecule has 166 valence electrons. The number of hydrogen-bond acceptors (Lipinski definition) is 4. The van der Waals surface area contributed by atoms with E-state index in [0.29, 0.717) is 5.56 Å². The van der Waals surface area contributed by atoms with Gasteiger partial charge in [-0.15, -0.1) is 11.3 Å². The van der Waals surface area contributed by atoms with Crippen LogP contribution in [0.15, 0.2) is 24.3 Å². The largest absolute Gasteiger partial charge is 0.337 e. The van der Waals surface area contributed by atoms with E-state index < -0.39 is 0 Å². The molecule has 0 radical (unpaired) electrons. The van der Waals surface area contributed by atoms with E-state index >= 15 is 0 Å². The predicted molar refractivity (Wildman–Crippen MR) is 122 cm³/mol. The molecule has 0 N–H and O–H groups in total. The summed E-state index contributed by atoms with van der Waals surface area (Å²) in [5.74, 6) is 0.0483. The minimum Gasteiger partial charge on any atom is -0.337 e. The number of carbonyl (C=O) groups is 2. The van der Waals surface area contributed by atoms with Crippen LogP contribution in [0.4, 0.5) is 4.39 Å². The maximum Gasteiger partial charge on any atom is 0.219 e. The maximum absolute atomic E-state index is 13.1. The Hall–Kier alpha value is -2.05. The molecule has 0 saturated carbocycles. The number of ketones is 1. The highest BCUT2D eigenvalue weighted by Gasteiger charge is 2.27. The molecule has 2 aliphatic rings. The first-order valence-corrected chi connectivity index (χ1v) is 12.2. The standard InChI is InChI=1S/C25H31FN2O2S/c1-3-21-22-10-15-28(17(2)29)16-24(22)31-23(21)11-14-27-12-8-19(9-13-27)25(30)18-4-6-20(26)7-5-18/h4-7,19H,3,8-16H2,1-2H3. The van der Waals surface area contributed by atoms with Crippen LogP contribution in [-0.2, 0) is 30.6 Å². The zero-order valence-corrected chi connectivity index (χ0v) is 19.3. The lowest BCUT2D eigenvalue weighted by Crippen LogP contribution is -2.37. The lowest BCUT2D eigenvalue weighted by molar-refractivity contribution is -0.129. The molecule has 0 unspecified atom stereocenters. The van der Waals surface area contributed by atoms with Crippen molar-refractivity contribution < 1.29 is 14.0 Å². The molecule has 1 amide bonds. The summed E-state index contributed by atoms with van der Waals surface area (Å²) in [5.41, 5.74) is 3.62. The Morgan fingerprint density at radius 1 is 1.13 bits per heavy atom. The number of benzene rings is 1. The molecule has 2 aliphatic heterocycles. The van der Waals surface area contributed by atoms with Gasteiger partial charge in [-0.2, -0.15) is 0 Å². The predicted octanol–water partition coefficient (Wildman–Crippen LogP) is 4.49. The SMILES string of the molecule is CCc1c(CCN2CCC(C(=O)c3ccc(F)cc3)CC2)sc2c1CCN(C(C)=O)C2. The zero-order valence-electron chi connectivity index (χ0n) is 18.5. The van der Waals surface area contributed by atoms with Gasteiger partial charge in [0.15, 0.2) is 5.78 Å². The fraction of sp³-hybridized carbons (Fsp3) is 0.520. The van der Waals surface area contributed by atoms with Crippen LogP contribution in [-0.4, -0.2) is 47.7 Å². The molecule has 0 aliphatic carbocycles. The molecule has 0 spiro atoms. The van der Waals surface area contributed by atoms with Gasteiger partial charge in [-0.25, -0.2) is 4.39 Å².